The molecular formula is C28H60F6NO2P. The molecule has 38 heavy (non-hydrogen) atoms. The van der Waals surface area contributed by atoms with Crippen molar-refractivity contribution in [2.24, 2.45) is 0 Å². The summed E-state index contributed by atoms with van der Waals surface area (Å²) in [5.74, 6) is 0. The van der Waals surface area contributed by atoms with Crippen LogP contribution in [0.15, 0.2) is 0 Å². The zero-order chi connectivity index (χ0) is 29.3. The molecule has 0 aromatic carbocycles. The fourth-order valence-electron chi connectivity index (χ4n) is 5.04. The molecule has 0 saturated carbocycles. The van der Waals surface area contributed by atoms with E-state index < -0.39 is 7.81 Å². The molecule has 3 nitrogen and oxygen atoms in total. The van der Waals surface area contributed by atoms with Gasteiger partial charge in [0.15, 0.2) is 0 Å². The van der Waals surface area contributed by atoms with Gasteiger partial charge in [-0.25, -0.2) is 0 Å². The molecular weight excluding hydrogens is 527 g/mol. The summed E-state index contributed by atoms with van der Waals surface area (Å²) < 4.78 is 66.0. The van der Waals surface area contributed by atoms with Crippen molar-refractivity contribution in [1.29, 1.82) is 0 Å². The quantitative estimate of drug-likeness (QED) is 0.0472. The van der Waals surface area contributed by atoms with Gasteiger partial charge in [0, 0.05) is 0 Å². The third-order valence-corrected chi connectivity index (χ3v) is 6.83. The number of aliphatic hydroxyl groups excluding tert-OH is 1. The number of nitrogens with zero attached hydrogens (tertiary/aromatic N) is 1. The van der Waals surface area contributed by atoms with Gasteiger partial charge in [0.2, 0.25) is 0 Å². The number of ether oxygens (including phenoxy) is 1. The van der Waals surface area contributed by atoms with Gasteiger partial charge in [-0.05, 0) is 25.7 Å². The SMILES string of the molecule is CCCCCCCCCCCCCCCCCC[N+](CCC)(CCC)CCOCCO.F[P-](F)(F)(F)(F)F. The molecule has 1 N–H and O–H groups in total. The van der Waals surface area contributed by atoms with Crippen molar-refractivity contribution >= 4 is 7.81 Å². The van der Waals surface area contributed by atoms with E-state index in [1.165, 1.54) is 140 Å². The summed E-state index contributed by atoms with van der Waals surface area (Å²) in [6, 6.07) is 0. The first-order valence-corrected chi connectivity index (χ1v) is 17.3. The van der Waals surface area contributed by atoms with E-state index in [1.54, 1.807) is 0 Å². The molecule has 236 valence electrons. The number of aliphatic hydroxyl groups is 1. The first-order chi connectivity index (χ1) is 17.7. The molecule has 0 spiro atoms. The Morgan fingerprint density at radius 3 is 1.13 bits per heavy atom. The predicted molar refractivity (Wildman–Crippen MR) is 151 cm³/mol. The molecule has 0 unspecified atom stereocenters. The average molecular weight is 588 g/mol. The zero-order valence-corrected chi connectivity index (χ0v) is 25.6. The van der Waals surface area contributed by atoms with Crippen LogP contribution in [-0.2, 0) is 4.74 Å². The van der Waals surface area contributed by atoms with E-state index >= 15 is 0 Å². The summed E-state index contributed by atoms with van der Waals surface area (Å²) in [6.07, 6.45) is 25.5. The number of hydrogen-bond acceptors (Lipinski definition) is 2. The van der Waals surface area contributed by atoms with Crippen LogP contribution in [0.1, 0.15) is 136 Å². The number of unbranched alkanes of at least 4 members (excludes halogenated alkanes) is 15. The van der Waals surface area contributed by atoms with E-state index in [9.17, 15) is 25.2 Å². The van der Waals surface area contributed by atoms with Gasteiger partial charge in [-0.1, -0.05) is 111 Å². The van der Waals surface area contributed by atoms with Crippen LogP contribution < -0.4 is 0 Å². The molecule has 0 fully saturated rings. The Hall–Kier alpha value is -0.110. The molecule has 0 aromatic rings. The van der Waals surface area contributed by atoms with Crippen molar-refractivity contribution in [3.63, 3.8) is 0 Å². The summed E-state index contributed by atoms with van der Waals surface area (Å²) in [6.45, 7) is 13.3. The molecule has 0 aliphatic carbocycles. The van der Waals surface area contributed by atoms with Gasteiger partial charge in [-0.3, -0.25) is 0 Å². The Bertz CT molecular complexity index is 503. The molecule has 0 atom stereocenters. The van der Waals surface area contributed by atoms with Gasteiger partial charge in [0.25, 0.3) is 0 Å². The fourth-order valence-corrected chi connectivity index (χ4v) is 5.04. The zero-order valence-electron chi connectivity index (χ0n) is 24.7. The predicted octanol–water partition coefficient (Wildman–Crippen LogP) is 11.3. The Morgan fingerprint density at radius 2 is 0.816 bits per heavy atom. The second-order valence-corrected chi connectivity index (χ2v) is 12.8. The average Bonchev–Trinajstić information content (AvgIpc) is 2.80. The Labute approximate surface area is 229 Å². The second kappa shape index (κ2) is 21.6. The first kappa shape index (κ1) is 40.0. The monoisotopic (exact) mass is 587 g/mol. The van der Waals surface area contributed by atoms with E-state index in [2.05, 4.69) is 20.8 Å². The van der Waals surface area contributed by atoms with Crippen LogP contribution in [0.25, 0.3) is 0 Å². The molecule has 0 aliphatic rings. The number of hydrogen-bond donors (Lipinski definition) is 1. The van der Waals surface area contributed by atoms with Gasteiger partial charge < -0.3 is 14.3 Å². The van der Waals surface area contributed by atoms with Crippen molar-refractivity contribution in [3.8, 4) is 0 Å². The van der Waals surface area contributed by atoms with Gasteiger partial charge in [0.05, 0.1) is 39.5 Å². The molecule has 0 saturated heterocycles. The summed E-state index contributed by atoms with van der Waals surface area (Å²) in [5, 5.41) is 8.93. The molecule has 0 amide bonds. The van der Waals surface area contributed by atoms with Crippen molar-refractivity contribution < 1.29 is 39.5 Å². The topological polar surface area (TPSA) is 29.5 Å². The molecule has 0 bridgehead atoms. The van der Waals surface area contributed by atoms with Crippen LogP contribution in [0.5, 0.6) is 0 Å². The third-order valence-electron chi connectivity index (χ3n) is 6.83. The van der Waals surface area contributed by atoms with Crippen molar-refractivity contribution in [1.82, 2.24) is 0 Å². The summed E-state index contributed by atoms with van der Waals surface area (Å²) >= 11 is 0. The van der Waals surface area contributed by atoms with Crippen molar-refractivity contribution in [3.05, 3.63) is 0 Å². The molecule has 0 rings (SSSR count). The van der Waals surface area contributed by atoms with E-state index in [0.717, 1.165) is 13.2 Å². The first-order valence-electron chi connectivity index (χ1n) is 15.3. The van der Waals surface area contributed by atoms with Crippen LogP contribution in [0.4, 0.5) is 25.2 Å². The minimum atomic E-state index is -10.7. The molecule has 10 heteroatoms. The van der Waals surface area contributed by atoms with Crippen LogP contribution in [0, 0.1) is 0 Å². The number of rotatable bonds is 26. The Balaban J connectivity index is 0. The minimum absolute atomic E-state index is 0.140. The van der Waals surface area contributed by atoms with Crippen LogP contribution in [0.3, 0.4) is 0 Å². The Morgan fingerprint density at radius 1 is 0.474 bits per heavy atom. The van der Waals surface area contributed by atoms with Gasteiger partial charge in [0.1, 0.15) is 6.54 Å². The molecule has 0 aromatic heterocycles. The standard InChI is InChI=1S/C28H60NO2.F6P/c1-4-7-8-9-10-11-12-13-14-15-16-17-18-19-20-21-24-29(22-5-2,23-6-3)25-27-31-28-26-30;1-7(2,3,4,5)6/h30H,4-28H2,1-3H3;/q+1;-1. The van der Waals surface area contributed by atoms with Gasteiger partial charge >= 0.3 is 33.0 Å². The van der Waals surface area contributed by atoms with Crippen molar-refractivity contribution in [2.45, 2.75) is 136 Å². The summed E-state index contributed by atoms with van der Waals surface area (Å²) in [7, 11) is -10.7. The summed E-state index contributed by atoms with van der Waals surface area (Å²) in [4.78, 5) is 0. The van der Waals surface area contributed by atoms with E-state index in [1.807, 2.05) is 0 Å². The molecule has 0 radical (unpaired) electrons. The fraction of sp³-hybridized carbons (Fsp3) is 1.00. The Kier molecular flexibility index (Phi) is 22.8. The van der Waals surface area contributed by atoms with Crippen LogP contribution in [0.2, 0.25) is 0 Å². The van der Waals surface area contributed by atoms with Gasteiger partial charge in [-0.2, -0.15) is 0 Å². The number of quaternary nitrogens is 1. The van der Waals surface area contributed by atoms with E-state index in [-0.39, 0.29) is 6.61 Å². The van der Waals surface area contributed by atoms with Crippen LogP contribution >= 0.6 is 7.81 Å². The van der Waals surface area contributed by atoms with E-state index in [0.29, 0.717) is 6.61 Å². The van der Waals surface area contributed by atoms with Crippen molar-refractivity contribution in [2.75, 3.05) is 46.0 Å². The van der Waals surface area contributed by atoms with Crippen LogP contribution in [-0.4, -0.2) is 55.6 Å². The third kappa shape index (κ3) is 38.0. The normalized spacial score (nSPS) is 14.1. The maximum absolute atomic E-state index is 10.7. The van der Waals surface area contributed by atoms with E-state index in [4.69, 9.17) is 9.84 Å². The van der Waals surface area contributed by atoms with Gasteiger partial charge in [-0.15, -0.1) is 0 Å². The molecule has 0 heterocycles. The second-order valence-electron chi connectivity index (χ2n) is 10.8. The molecule has 0 aliphatic heterocycles. The number of halogens is 6. The summed E-state index contributed by atoms with van der Waals surface area (Å²) in [5.41, 5.74) is 0. The maximum atomic E-state index is 9.87.